The lowest BCUT2D eigenvalue weighted by Gasteiger charge is -2.28. The van der Waals surface area contributed by atoms with Crippen molar-refractivity contribution >= 4 is 23.6 Å². The summed E-state index contributed by atoms with van der Waals surface area (Å²) in [5.41, 5.74) is 3.08. The average molecular weight is 389 g/mol. The lowest BCUT2D eigenvalue weighted by Crippen LogP contribution is -2.47. The van der Waals surface area contributed by atoms with Crippen molar-refractivity contribution < 1.29 is 14.0 Å². The van der Waals surface area contributed by atoms with E-state index in [1.807, 2.05) is 31.2 Å². The molecular formula is C21H25FN2O2S. The number of nitrogens with one attached hydrogen (secondary N) is 1. The van der Waals surface area contributed by atoms with Crippen molar-refractivity contribution in [2.45, 2.75) is 32.2 Å². The minimum absolute atomic E-state index is 0.0983. The normalized spacial score (nSPS) is 11.7. The van der Waals surface area contributed by atoms with E-state index in [-0.39, 0.29) is 23.4 Å². The summed E-state index contributed by atoms with van der Waals surface area (Å²) in [6.45, 7) is 4.12. The van der Waals surface area contributed by atoms with Gasteiger partial charge in [-0.15, -0.1) is 11.8 Å². The Bertz CT molecular complexity index is 763. The highest BCUT2D eigenvalue weighted by atomic mass is 32.2. The number of halogens is 1. The maximum Gasteiger partial charge on any atom is 0.242 e. The number of likely N-dealkylation sites (N-methyl/N-ethyl adjacent to an activating group) is 1. The van der Waals surface area contributed by atoms with Crippen LogP contribution in [-0.2, 0) is 21.9 Å². The van der Waals surface area contributed by atoms with Crippen molar-refractivity contribution in [3.05, 3.63) is 71.0 Å². The summed E-state index contributed by atoms with van der Waals surface area (Å²) < 4.78 is 13.0. The standard InChI is InChI=1S/C21H25FN2O2S/c1-15-4-6-17(7-5-15)12-24(16(2)21(26)23-3)20(25)14-27-13-18-8-10-19(22)11-9-18/h4-11,16H,12-14H2,1-3H3,(H,23,26). The second-order valence-corrected chi connectivity index (χ2v) is 7.40. The van der Waals surface area contributed by atoms with Gasteiger partial charge in [0.25, 0.3) is 0 Å². The van der Waals surface area contributed by atoms with Crippen LogP contribution in [0.5, 0.6) is 0 Å². The summed E-state index contributed by atoms with van der Waals surface area (Å²) in [7, 11) is 1.57. The molecule has 0 aliphatic carbocycles. The number of nitrogens with zero attached hydrogens (tertiary/aromatic N) is 1. The molecule has 27 heavy (non-hydrogen) atoms. The molecule has 0 radical (unpaired) electrons. The first-order chi connectivity index (χ1) is 12.9. The van der Waals surface area contributed by atoms with Crippen molar-refractivity contribution in [1.82, 2.24) is 10.2 Å². The van der Waals surface area contributed by atoms with Crippen molar-refractivity contribution in [3.63, 3.8) is 0 Å². The zero-order valence-corrected chi connectivity index (χ0v) is 16.7. The van der Waals surface area contributed by atoms with Gasteiger partial charge in [0.1, 0.15) is 11.9 Å². The van der Waals surface area contributed by atoms with Gasteiger partial charge in [-0.2, -0.15) is 0 Å². The highest BCUT2D eigenvalue weighted by Gasteiger charge is 2.25. The van der Waals surface area contributed by atoms with Crippen molar-refractivity contribution in [3.8, 4) is 0 Å². The Balaban J connectivity index is 2.02. The van der Waals surface area contributed by atoms with Crippen molar-refractivity contribution in [1.29, 1.82) is 0 Å². The van der Waals surface area contributed by atoms with Crippen LogP contribution in [0, 0.1) is 12.7 Å². The fourth-order valence-corrected chi connectivity index (χ4v) is 3.47. The molecule has 0 spiro atoms. The number of rotatable bonds is 8. The van der Waals surface area contributed by atoms with E-state index in [1.165, 1.54) is 23.9 Å². The summed E-state index contributed by atoms with van der Waals surface area (Å²) in [5, 5.41) is 2.61. The van der Waals surface area contributed by atoms with Gasteiger partial charge >= 0.3 is 0 Å². The van der Waals surface area contributed by atoms with Crippen LogP contribution in [0.4, 0.5) is 4.39 Å². The first-order valence-electron chi connectivity index (χ1n) is 8.79. The number of hydrogen-bond acceptors (Lipinski definition) is 3. The third kappa shape index (κ3) is 6.40. The molecule has 2 rings (SSSR count). The molecule has 0 saturated heterocycles. The van der Waals surface area contributed by atoms with Gasteiger partial charge in [0.05, 0.1) is 5.75 Å². The summed E-state index contributed by atoms with van der Waals surface area (Å²) in [6, 6.07) is 13.6. The molecule has 6 heteroatoms. The molecule has 0 aliphatic rings. The molecular weight excluding hydrogens is 363 g/mol. The molecule has 4 nitrogen and oxygen atoms in total. The predicted octanol–water partition coefficient (Wildman–Crippen LogP) is 3.53. The number of carbonyl (C=O) groups is 2. The Morgan fingerprint density at radius 3 is 2.26 bits per heavy atom. The molecule has 1 unspecified atom stereocenters. The number of hydrogen-bond donors (Lipinski definition) is 1. The van der Waals surface area contributed by atoms with E-state index in [9.17, 15) is 14.0 Å². The van der Waals surface area contributed by atoms with Crippen LogP contribution >= 0.6 is 11.8 Å². The molecule has 2 amide bonds. The third-order valence-corrected chi connectivity index (χ3v) is 5.28. The number of benzene rings is 2. The van der Waals surface area contributed by atoms with Gasteiger partial charge in [-0.25, -0.2) is 4.39 Å². The fraction of sp³-hybridized carbons (Fsp3) is 0.333. The SMILES string of the molecule is CNC(=O)C(C)N(Cc1ccc(C)cc1)C(=O)CSCc1ccc(F)cc1. The maximum absolute atomic E-state index is 13.0. The Morgan fingerprint density at radius 1 is 1.07 bits per heavy atom. The van der Waals surface area contributed by atoms with Crippen LogP contribution in [0.25, 0.3) is 0 Å². The Kier molecular flexibility index (Phi) is 7.85. The van der Waals surface area contributed by atoms with Crippen LogP contribution in [-0.4, -0.2) is 35.6 Å². The van der Waals surface area contributed by atoms with Gasteiger partial charge in [-0.1, -0.05) is 42.0 Å². The molecule has 144 valence electrons. The predicted molar refractivity (Wildman–Crippen MR) is 108 cm³/mol. The monoisotopic (exact) mass is 388 g/mol. The van der Waals surface area contributed by atoms with E-state index in [2.05, 4.69) is 5.32 Å². The van der Waals surface area contributed by atoms with E-state index < -0.39 is 6.04 Å². The van der Waals surface area contributed by atoms with Crippen LogP contribution < -0.4 is 5.32 Å². The van der Waals surface area contributed by atoms with Crippen molar-refractivity contribution in [2.75, 3.05) is 12.8 Å². The van der Waals surface area contributed by atoms with E-state index in [4.69, 9.17) is 0 Å². The average Bonchev–Trinajstić information content (AvgIpc) is 2.67. The van der Waals surface area contributed by atoms with Gasteiger partial charge in [0.15, 0.2) is 0 Å². The van der Waals surface area contributed by atoms with E-state index >= 15 is 0 Å². The smallest absolute Gasteiger partial charge is 0.242 e. The maximum atomic E-state index is 13.0. The highest BCUT2D eigenvalue weighted by Crippen LogP contribution is 2.16. The zero-order chi connectivity index (χ0) is 19.8. The Labute approximate surface area is 164 Å². The molecule has 2 aromatic rings. The molecule has 0 bridgehead atoms. The lowest BCUT2D eigenvalue weighted by atomic mass is 10.1. The Morgan fingerprint density at radius 2 is 1.67 bits per heavy atom. The summed E-state index contributed by atoms with van der Waals surface area (Å²) >= 11 is 1.45. The van der Waals surface area contributed by atoms with Gasteiger partial charge in [0.2, 0.25) is 11.8 Å². The van der Waals surface area contributed by atoms with Gasteiger partial charge in [-0.05, 0) is 37.1 Å². The van der Waals surface area contributed by atoms with E-state index in [0.29, 0.717) is 12.3 Å². The molecule has 0 aliphatic heterocycles. The first-order valence-corrected chi connectivity index (χ1v) is 9.95. The highest BCUT2D eigenvalue weighted by molar-refractivity contribution is 7.99. The quantitative estimate of drug-likeness (QED) is 0.753. The van der Waals surface area contributed by atoms with E-state index in [0.717, 1.165) is 16.7 Å². The molecule has 1 atom stereocenters. The second-order valence-electron chi connectivity index (χ2n) is 6.42. The number of amides is 2. The fourth-order valence-electron chi connectivity index (χ4n) is 2.60. The summed E-state index contributed by atoms with van der Waals surface area (Å²) in [6.07, 6.45) is 0. The van der Waals surface area contributed by atoms with Crippen LogP contribution in [0.15, 0.2) is 48.5 Å². The zero-order valence-electron chi connectivity index (χ0n) is 15.9. The minimum atomic E-state index is -0.560. The molecule has 0 saturated carbocycles. The first kappa shape index (κ1) is 21.0. The van der Waals surface area contributed by atoms with Crippen molar-refractivity contribution in [2.24, 2.45) is 0 Å². The topological polar surface area (TPSA) is 49.4 Å². The molecule has 1 N–H and O–H groups in total. The Hall–Kier alpha value is -2.34. The number of carbonyl (C=O) groups excluding carboxylic acids is 2. The molecule has 0 aromatic heterocycles. The van der Waals surface area contributed by atoms with Crippen LogP contribution in [0.3, 0.4) is 0 Å². The van der Waals surface area contributed by atoms with Gasteiger partial charge in [0, 0.05) is 19.3 Å². The number of aryl methyl sites for hydroxylation is 1. The third-order valence-electron chi connectivity index (χ3n) is 4.29. The molecule has 2 aromatic carbocycles. The van der Waals surface area contributed by atoms with Gasteiger partial charge in [-0.3, -0.25) is 9.59 Å². The largest absolute Gasteiger partial charge is 0.357 e. The minimum Gasteiger partial charge on any atom is -0.357 e. The van der Waals surface area contributed by atoms with Crippen LogP contribution in [0.2, 0.25) is 0 Å². The summed E-state index contributed by atoms with van der Waals surface area (Å²) in [4.78, 5) is 26.5. The molecule has 0 fully saturated rings. The second kappa shape index (κ2) is 10.1. The van der Waals surface area contributed by atoms with Crippen LogP contribution in [0.1, 0.15) is 23.6 Å². The van der Waals surface area contributed by atoms with Gasteiger partial charge < -0.3 is 10.2 Å². The summed E-state index contributed by atoms with van der Waals surface area (Å²) in [5.74, 6) is 0.296. The van der Waals surface area contributed by atoms with E-state index in [1.54, 1.807) is 31.0 Å². The number of thioether (sulfide) groups is 1. The molecule has 0 heterocycles. The lowest BCUT2D eigenvalue weighted by molar-refractivity contribution is -0.138.